The fourth-order valence-corrected chi connectivity index (χ4v) is 3.33. The average molecular weight is 391 g/mol. The summed E-state index contributed by atoms with van der Waals surface area (Å²) in [5.74, 6) is -3.37. The Balaban J connectivity index is 2.94. The Bertz CT molecular complexity index is 748. The summed E-state index contributed by atoms with van der Waals surface area (Å²) < 4.78 is 24.7. The van der Waals surface area contributed by atoms with Crippen LogP contribution in [0.3, 0.4) is 0 Å². The molecule has 10 heteroatoms. The second-order valence-corrected chi connectivity index (χ2v) is 7.72. The van der Waals surface area contributed by atoms with Gasteiger partial charge in [-0.05, 0) is 31.2 Å². The molecule has 1 atom stereocenters. The molecule has 0 aromatic heterocycles. The van der Waals surface area contributed by atoms with Crippen molar-refractivity contribution >= 4 is 39.2 Å². The SMILES string of the molecule is CC(=O)NCCN(C(=O)CS(=O)(=O)c1ccc(Cl)cc1)C(C)C(=O)O. The van der Waals surface area contributed by atoms with E-state index in [0.717, 1.165) is 4.90 Å². The lowest BCUT2D eigenvalue weighted by Crippen LogP contribution is -2.48. The maximum Gasteiger partial charge on any atom is 0.326 e. The van der Waals surface area contributed by atoms with Gasteiger partial charge >= 0.3 is 5.97 Å². The number of sulfone groups is 1. The minimum atomic E-state index is -3.95. The lowest BCUT2D eigenvalue weighted by atomic mass is 10.2. The van der Waals surface area contributed by atoms with Gasteiger partial charge in [-0.3, -0.25) is 9.59 Å². The van der Waals surface area contributed by atoms with Crippen LogP contribution in [-0.2, 0) is 24.2 Å². The number of carboxylic acids is 1. The summed E-state index contributed by atoms with van der Waals surface area (Å²) in [6.07, 6.45) is 0. The second-order valence-electron chi connectivity index (χ2n) is 5.30. The van der Waals surface area contributed by atoms with Crippen LogP contribution in [0.25, 0.3) is 0 Å². The Morgan fingerprint density at radius 2 is 1.80 bits per heavy atom. The molecule has 1 unspecified atom stereocenters. The molecule has 0 bridgehead atoms. The van der Waals surface area contributed by atoms with E-state index in [1.165, 1.54) is 38.1 Å². The maximum absolute atomic E-state index is 12.4. The zero-order chi connectivity index (χ0) is 19.2. The lowest BCUT2D eigenvalue weighted by molar-refractivity contribution is -0.148. The third-order valence-electron chi connectivity index (χ3n) is 3.36. The first-order chi connectivity index (χ1) is 11.5. The number of carbonyl (C=O) groups excluding carboxylic acids is 2. The van der Waals surface area contributed by atoms with Gasteiger partial charge in [0.25, 0.3) is 0 Å². The van der Waals surface area contributed by atoms with Crippen LogP contribution < -0.4 is 5.32 Å². The molecule has 0 saturated carbocycles. The average Bonchev–Trinajstić information content (AvgIpc) is 2.50. The van der Waals surface area contributed by atoms with E-state index in [9.17, 15) is 22.8 Å². The van der Waals surface area contributed by atoms with Crippen LogP contribution in [0.15, 0.2) is 29.2 Å². The van der Waals surface area contributed by atoms with Gasteiger partial charge in [-0.15, -0.1) is 0 Å². The van der Waals surface area contributed by atoms with E-state index in [-0.39, 0.29) is 23.9 Å². The lowest BCUT2D eigenvalue weighted by Gasteiger charge is -2.26. The number of amides is 2. The molecular weight excluding hydrogens is 372 g/mol. The van der Waals surface area contributed by atoms with Crippen molar-refractivity contribution in [2.45, 2.75) is 24.8 Å². The molecule has 0 aliphatic carbocycles. The van der Waals surface area contributed by atoms with Crippen LogP contribution in [-0.4, -0.2) is 61.1 Å². The molecule has 8 nitrogen and oxygen atoms in total. The molecule has 1 aromatic carbocycles. The van der Waals surface area contributed by atoms with Crippen molar-refractivity contribution in [3.63, 3.8) is 0 Å². The van der Waals surface area contributed by atoms with Gasteiger partial charge in [0.15, 0.2) is 9.84 Å². The first-order valence-electron chi connectivity index (χ1n) is 7.29. The van der Waals surface area contributed by atoms with Gasteiger partial charge in [0.2, 0.25) is 11.8 Å². The summed E-state index contributed by atoms with van der Waals surface area (Å²) in [5.41, 5.74) is 0. The fraction of sp³-hybridized carbons (Fsp3) is 0.400. The zero-order valence-electron chi connectivity index (χ0n) is 13.7. The van der Waals surface area contributed by atoms with Gasteiger partial charge < -0.3 is 15.3 Å². The van der Waals surface area contributed by atoms with Crippen molar-refractivity contribution in [3.05, 3.63) is 29.3 Å². The number of halogens is 1. The van der Waals surface area contributed by atoms with E-state index in [0.29, 0.717) is 5.02 Å². The molecular formula is C15H19ClN2O6S. The molecule has 0 spiro atoms. The second kappa shape index (κ2) is 8.82. The molecule has 0 heterocycles. The van der Waals surface area contributed by atoms with E-state index >= 15 is 0 Å². The highest BCUT2D eigenvalue weighted by Gasteiger charge is 2.29. The van der Waals surface area contributed by atoms with Crippen molar-refractivity contribution in [3.8, 4) is 0 Å². The topological polar surface area (TPSA) is 121 Å². The van der Waals surface area contributed by atoms with Crippen molar-refractivity contribution < 1.29 is 27.9 Å². The molecule has 0 aliphatic heterocycles. The summed E-state index contributed by atoms with van der Waals surface area (Å²) in [4.78, 5) is 35.3. The summed E-state index contributed by atoms with van der Waals surface area (Å²) in [6.45, 7) is 2.43. The molecule has 138 valence electrons. The van der Waals surface area contributed by atoms with Crippen molar-refractivity contribution in [2.75, 3.05) is 18.8 Å². The van der Waals surface area contributed by atoms with Crippen LogP contribution in [0.1, 0.15) is 13.8 Å². The Morgan fingerprint density at radius 1 is 1.24 bits per heavy atom. The normalized spacial score (nSPS) is 12.3. The molecule has 25 heavy (non-hydrogen) atoms. The quantitative estimate of drug-likeness (QED) is 0.668. The Kier molecular flexibility index (Phi) is 7.38. The summed E-state index contributed by atoms with van der Waals surface area (Å²) in [6, 6.07) is 4.07. The van der Waals surface area contributed by atoms with E-state index in [4.69, 9.17) is 16.7 Å². The number of nitrogens with one attached hydrogen (secondary N) is 1. The van der Waals surface area contributed by atoms with Crippen molar-refractivity contribution in [2.24, 2.45) is 0 Å². The van der Waals surface area contributed by atoms with Gasteiger partial charge in [-0.25, -0.2) is 13.2 Å². The van der Waals surface area contributed by atoms with E-state index in [2.05, 4.69) is 5.32 Å². The summed E-state index contributed by atoms with van der Waals surface area (Å²) in [7, 11) is -3.95. The predicted octanol–water partition coefficient (Wildman–Crippen LogP) is 0.551. The van der Waals surface area contributed by atoms with Crippen LogP contribution in [0.4, 0.5) is 0 Å². The van der Waals surface area contributed by atoms with Gasteiger partial charge in [-0.1, -0.05) is 11.6 Å². The number of rotatable bonds is 8. The highest BCUT2D eigenvalue weighted by atomic mass is 35.5. The smallest absolute Gasteiger partial charge is 0.326 e. The minimum absolute atomic E-state index is 0.0136. The first kappa shape index (κ1) is 20.9. The van der Waals surface area contributed by atoms with Crippen LogP contribution in [0.2, 0.25) is 5.02 Å². The van der Waals surface area contributed by atoms with Crippen LogP contribution >= 0.6 is 11.6 Å². The molecule has 0 aliphatic rings. The van der Waals surface area contributed by atoms with Crippen LogP contribution in [0.5, 0.6) is 0 Å². The summed E-state index contributed by atoms with van der Waals surface area (Å²) >= 11 is 5.71. The number of hydrogen-bond acceptors (Lipinski definition) is 5. The minimum Gasteiger partial charge on any atom is -0.480 e. The third kappa shape index (κ3) is 6.35. The maximum atomic E-state index is 12.4. The highest BCUT2D eigenvalue weighted by molar-refractivity contribution is 7.92. The Morgan fingerprint density at radius 3 is 2.28 bits per heavy atom. The monoisotopic (exact) mass is 390 g/mol. The van der Waals surface area contributed by atoms with E-state index in [1.54, 1.807) is 0 Å². The molecule has 0 fully saturated rings. The van der Waals surface area contributed by atoms with Gasteiger partial charge in [0, 0.05) is 25.0 Å². The molecule has 1 aromatic rings. The fourth-order valence-electron chi connectivity index (χ4n) is 1.99. The zero-order valence-corrected chi connectivity index (χ0v) is 15.3. The molecule has 2 amide bonds. The van der Waals surface area contributed by atoms with Gasteiger partial charge in [0.05, 0.1) is 4.90 Å². The third-order valence-corrected chi connectivity index (χ3v) is 5.23. The number of nitrogens with zero attached hydrogens (tertiary/aromatic N) is 1. The van der Waals surface area contributed by atoms with Crippen LogP contribution in [0, 0.1) is 0 Å². The number of hydrogen-bond donors (Lipinski definition) is 2. The van der Waals surface area contributed by atoms with E-state index in [1.807, 2.05) is 0 Å². The Hall–Kier alpha value is -2.13. The van der Waals surface area contributed by atoms with Gasteiger partial charge in [0.1, 0.15) is 11.8 Å². The number of carbonyl (C=O) groups is 3. The molecule has 0 radical (unpaired) electrons. The summed E-state index contributed by atoms with van der Waals surface area (Å²) in [5, 5.41) is 11.9. The number of aliphatic carboxylic acids is 1. The number of carboxylic acid groups (broad SMARTS) is 1. The van der Waals surface area contributed by atoms with Gasteiger partial charge in [-0.2, -0.15) is 0 Å². The van der Waals surface area contributed by atoms with Crippen molar-refractivity contribution in [1.82, 2.24) is 10.2 Å². The predicted molar refractivity (Wildman–Crippen MR) is 91.0 cm³/mol. The number of benzene rings is 1. The highest BCUT2D eigenvalue weighted by Crippen LogP contribution is 2.16. The Labute approximate surface area is 150 Å². The molecule has 1 rings (SSSR count). The van der Waals surface area contributed by atoms with E-state index < -0.39 is 33.5 Å². The standard InChI is InChI=1S/C15H19ClN2O6S/c1-10(15(21)22)18(8-7-17-11(2)19)14(20)9-25(23,24)13-5-3-12(16)4-6-13/h3-6,10H,7-9H2,1-2H3,(H,17,19)(H,21,22). The molecule has 2 N–H and O–H groups in total. The largest absolute Gasteiger partial charge is 0.480 e. The molecule has 0 saturated heterocycles. The van der Waals surface area contributed by atoms with Crippen molar-refractivity contribution in [1.29, 1.82) is 0 Å². The first-order valence-corrected chi connectivity index (χ1v) is 9.32.